The summed E-state index contributed by atoms with van der Waals surface area (Å²) in [5, 5.41) is 11.1. The van der Waals surface area contributed by atoms with E-state index in [9.17, 15) is 9.50 Å². The average Bonchev–Trinajstić information content (AvgIpc) is 2.37. The topological polar surface area (TPSA) is 20.2 Å². The molecule has 0 aliphatic carbocycles. The van der Waals surface area contributed by atoms with E-state index in [-0.39, 0.29) is 12.2 Å². The maximum absolute atomic E-state index is 13.1. The summed E-state index contributed by atoms with van der Waals surface area (Å²) in [6.45, 7) is 0. The normalized spacial score (nSPS) is 12.5. The Hall–Kier alpha value is -0.610. The van der Waals surface area contributed by atoms with Crippen molar-refractivity contribution in [3.63, 3.8) is 0 Å². The van der Waals surface area contributed by atoms with Gasteiger partial charge in [-0.3, -0.25) is 0 Å². The highest BCUT2D eigenvalue weighted by atomic mass is 79.9. The first-order chi connectivity index (χ1) is 8.97. The van der Waals surface area contributed by atoms with Gasteiger partial charge in [-0.05, 0) is 57.4 Å². The monoisotopic (exact) mass is 362 g/mol. The summed E-state index contributed by atoms with van der Waals surface area (Å²) in [7, 11) is 0. The van der Waals surface area contributed by atoms with Crippen LogP contribution in [0.2, 0.25) is 10.0 Å². The Bertz CT molecular complexity index is 604. The van der Waals surface area contributed by atoms with Crippen LogP contribution < -0.4 is 0 Å². The zero-order valence-electron chi connectivity index (χ0n) is 9.71. The fraction of sp³-hybridized carbons (Fsp3) is 0.143. The maximum Gasteiger partial charge on any atom is 0.123 e. The molecule has 1 N–H and O–H groups in total. The van der Waals surface area contributed by atoms with Crippen molar-refractivity contribution in [2.75, 3.05) is 0 Å². The molecule has 0 bridgehead atoms. The minimum atomic E-state index is -0.787. The molecule has 0 radical (unpaired) electrons. The van der Waals surface area contributed by atoms with Crippen molar-refractivity contribution < 1.29 is 9.50 Å². The average molecular weight is 364 g/mol. The third-order valence-electron chi connectivity index (χ3n) is 2.75. The molecular formula is C14H10BrCl2FO. The van der Waals surface area contributed by atoms with Crippen LogP contribution >= 0.6 is 39.1 Å². The number of hydrogen-bond donors (Lipinski definition) is 1. The summed E-state index contributed by atoms with van der Waals surface area (Å²) in [6, 6.07) is 9.28. The van der Waals surface area contributed by atoms with E-state index in [4.69, 9.17) is 23.2 Å². The second-order valence-electron chi connectivity index (χ2n) is 4.13. The van der Waals surface area contributed by atoms with Crippen LogP contribution in [0.5, 0.6) is 0 Å². The van der Waals surface area contributed by atoms with Crippen LogP contribution in [0.15, 0.2) is 40.9 Å². The van der Waals surface area contributed by atoms with E-state index in [2.05, 4.69) is 15.9 Å². The zero-order chi connectivity index (χ0) is 14.0. The number of benzene rings is 2. The summed E-state index contributed by atoms with van der Waals surface area (Å²) >= 11 is 15.2. The molecule has 0 spiro atoms. The van der Waals surface area contributed by atoms with Gasteiger partial charge < -0.3 is 5.11 Å². The standard InChI is InChI=1S/C14H10BrCl2FO/c15-11-3-1-8(6-13(11)17)14(19)7-9-5-10(18)2-4-12(9)16/h1-6,14,19H,7H2. The van der Waals surface area contributed by atoms with E-state index in [1.165, 1.54) is 18.2 Å². The zero-order valence-corrected chi connectivity index (χ0v) is 12.8. The Morgan fingerprint density at radius 2 is 1.84 bits per heavy atom. The quantitative estimate of drug-likeness (QED) is 0.797. The van der Waals surface area contributed by atoms with Gasteiger partial charge in [0.25, 0.3) is 0 Å². The first kappa shape index (κ1) is 14.8. The van der Waals surface area contributed by atoms with E-state index in [0.717, 1.165) is 4.47 Å². The second-order valence-corrected chi connectivity index (χ2v) is 5.80. The van der Waals surface area contributed by atoms with Gasteiger partial charge in [0.1, 0.15) is 5.82 Å². The molecule has 0 saturated heterocycles. The Morgan fingerprint density at radius 1 is 1.11 bits per heavy atom. The molecule has 19 heavy (non-hydrogen) atoms. The summed E-state index contributed by atoms with van der Waals surface area (Å²) in [4.78, 5) is 0. The molecule has 0 amide bonds. The van der Waals surface area contributed by atoms with E-state index in [0.29, 0.717) is 21.2 Å². The van der Waals surface area contributed by atoms with Gasteiger partial charge >= 0.3 is 0 Å². The number of hydrogen-bond acceptors (Lipinski definition) is 1. The predicted molar refractivity (Wildman–Crippen MR) is 79.2 cm³/mol. The highest BCUT2D eigenvalue weighted by Gasteiger charge is 2.13. The lowest BCUT2D eigenvalue weighted by Gasteiger charge is -2.13. The molecule has 1 atom stereocenters. The first-order valence-corrected chi connectivity index (χ1v) is 7.09. The van der Waals surface area contributed by atoms with Gasteiger partial charge in [-0.25, -0.2) is 4.39 Å². The van der Waals surface area contributed by atoms with E-state index in [1.807, 2.05) is 0 Å². The molecule has 100 valence electrons. The smallest absolute Gasteiger partial charge is 0.123 e. The predicted octanol–water partition coefficient (Wildman–Crippen LogP) is 5.17. The molecule has 0 aromatic heterocycles. The Kier molecular flexibility index (Phi) is 4.85. The molecule has 1 nitrogen and oxygen atoms in total. The van der Waals surface area contributed by atoms with Crippen molar-refractivity contribution in [2.24, 2.45) is 0 Å². The van der Waals surface area contributed by atoms with E-state index < -0.39 is 6.10 Å². The maximum atomic E-state index is 13.1. The molecule has 0 saturated carbocycles. The van der Waals surface area contributed by atoms with Gasteiger partial charge in [-0.15, -0.1) is 0 Å². The number of aliphatic hydroxyl groups is 1. The van der Waals surface area contributed by atoms with E-state index in [1.54, 1.807) is 18.2 Å². The molecule has 2 aromatic carbocycles. The second kappa shape index (κ2) is 6.23. The van der Waals surface area contributed by atoms with Crippen LogP contribution in [0.1, 0.15) is 17.2 Å². The van der Waals surface area contributed by atoms with Gasteiger partial charge in [0.15, 0.2) is 0 Å². The molecule has 5 heteroatoms. The van der Waals surface area contributed by atoms with Crippen LogP contribution in [-0.2, 0) is 6.42 Å². The van der Waals surface area contributed by atoms with Crippen LogP contribution in [0.4, 0.5) is 4.39 Å². The minimum Gasteiger partial charge on any atom is -0.388 e. The summed E-state index contributed by atoms with van der Waals surface area (Å²) in [6.07, 6.45) is -0.556. The molecule has 2 rings (SSSR count). The van der Waals surface area contributed by atoms with Gasteiger partial charge in [-0.2, -0.15) is 0 Å². The largest absolute Gasteiger partial charge is 0.388 e. The SMILES string of the molecule is OC(Cc1cc(F)ccc1Cl)c1ccc(Br)c(Cl)c1. The molecular weight excluding hydrogens is 354 g/mol. The number of aliphatic hydroxyl groups excluding tert-OH is 1. The van der Waals surface area contributed by atoms with Gasteiger partial charge in [0, 0.05) is 15.9 Å². The summed E-state index contributed by atoms with van der Waals surface area (Å²) in [5.41, 5.74) is 1.22. The van der Waals surface area contributed by atoms with Gasteiger partial charge in [0.05, 0.1) is 11.1 Å². The fourth-order valence-electron chi connectivity index (χ4n) is 1.75. The molecule has 1 unspecified atom stereocenters. The lowest BCUT2D eigenvalue weighted by molar-refractivity contribution is 0.178. The van der Waals surface area contributed by atoms with Gasteiger partial charge in [-0.1, -0.05) is 29.3 Å². The van der Waals surface area contributed by atoms with Crippen molar-refractivity contribution in [3.8, 4) is 0 Å². The number of rotatable bonds is 3. The van der Waals surface area contributed by atoms with Crippen LogP contribution in [0, 0.1) is 5.82 Å². The van der Waals surface area contributed by atoms with Crippen molar-refractivity contribution in [3.05, 3.63) is 67.9 Å². The van der Waals surface area contributed by atoms with Crippen LogP contribution in [-0.4, -0.2) is 5.11 Å². The van der Waals surface area contributed by atoms with Crippen LogP contribution in [0.3, 0.4) is 0 Å². The Labute approximate surface area is 129 Å². The lowest BCUT2D eigenvalue weighted by Crippen LogP contribution is -2.02. The molecule has 0 heterocycles. The Morgan fingerprint density at radius 3 is 2.53 bits per heavy atom. The van der Waals surface area contributed by atoms with E-state index >= 15 is 0 Å². The third kappa shape index (κ3) is 3.69. The van der Waals surface area contributed by atoms with Crippen molar-refractivity contribution in [2.45, 2.75) is 12.5 Å². The molecule has 0 aliphatic rings. The summed E-state index contributed by atoms with van der Waals surface area (Å²) < 4.78 is 13.9. The fourth-order valence-corrected chi connectivity index (χ4v) is 2.38. The van der Waals surface area contributed by atoms with Crippen molar-refractivity contribution in [1.29, 1.82) is 0 Å². The van der Waals surface area contributed by atoms with Crippen molar-refractivity contribution in [1.82, 2.24) is 0 Å². The van der Waals surface area contributed by atoms with Crippen LogP contribution in [0.25, 0.3) is 0 Å². The first-order valence-electron chi connectivity index (χ1n) is 5.54. The third-order valence-corrected chi connectivity index (χ3v) is 4.35. The highest BCUT2D eigenvalue weighted by Crippen LogP contribution is 2.29. The molecule has 2 aromatic rings. The molecule has 0 fully saturated rings. The Balaban J connectivity index is 2.22. The highest BCUT2D eigenvalue weighted by molar-refractivity contribution is 9.10. The number of halogens is 4. The van der Waals surface area contributed by atoms with Gasteiger partial charge in [0.2, 0.25) is 0 Å². The summed E-state index contributed by atoms with van der Waals surface area (Å²) in [5.74, 6) is -0.375. The van der Waals surface area contributed by atoms with Crippen molar-refractivity contribution >= 4 is 39.1 Å². The molecule has 0 aliphatic heterocycles. The lowest BCUT2D eigenvalue weighted by atomic mass is 10.0. The minimum absolute atomic E-state index is 0.231.